The monoisotopic (exact) mass is 427 g/mol. The minimum atomic E-state index is 0.257. The molecule has 0 aliphatic heterocycles. The third kappa shape index (κ3) is 5.82. The van der Waals surface area contributed by atoms with Gasteiger partial charge in [-0.05, 0) is 56.5 Å². The number of rotatable bonds is 10. The van der Waals surface area contributed by atoms with Crippen LogP contribution >= 0.6 is 0 Å². The molecule has 2 aromatic carbocycles. The highest BCUT2D eigenvalue weighted by atomic mass is 15.3. The second-order valence-corrected chi connectivity index (χ2v) is 7.90. The van der Waals surface area contributed by atoms with E-state index in [4.69, 9.17) is 4.99 Å². The molecule has 0 aliphatic rings. The van der Waals surface area contributed by atoms with E-state index in [0.29, 0.717) is 12.4 Å². The molecule has 5 heteroatoms. The van der Waals surface area contributed by atoms with Crippen LogP contribution in [0.3, 0.4) is 0 Å². The zero-order valence-electron chi connectivity index (χ0n) is 19.3. The molecule has 1 aromatic heterocycles. The van der Waals surface area contributed by atoms with Gasteiger partial charge in [-0.1, -0.05) is 66.7 Å². The van der Waals surface area contributed by atoms with Crippen LogP contribution in [0.1, 0.15) is 55.8 Å². The molecule has 3 rings (SSSR count). The molecule has 3 aromatic rings. The zero-order chi connectivity index (χ0) is 22.8. The summed E-state index contributed by atoms with van der Waals surface area (Å²) in [7, 11) is 1.89. The zero-order valence-corrected chi connectivity index (χ0v) is 19.3. The van der Waals surface area contributed by atoms with Crippen LogP contribution in [0.15, 0.2) is 82.9 Å². The van der Waals surface area contributed by atoms with Gasteiger partial charge in [-0.3, -0.25) is 4.99 Å². The quantitative estimate of drug-likeness (QED) is 0.236. The van der Waals surface area contributed by atoms with Gasteiger partial charge in [0.2, 0.25) is 0 Å². The SMILES string of the molecule is C=NC(=NCCCCC=C(c1ccccc1)c1ccccc1)c1cnn(C(C)C)c1NC. The molecule has 0 saturated heterocycles. The Morgan fingerprint density at radius 3 is 2.19 bits per heavy atom. The number of benzene rings is 2. The second kappa shape index (κ2) is 11.8. The van der Waals surface area contributed by atoms with Crippen LogP contribution in [-0.2, 0) is 0 Å². The summed E-state index contributed by atoms with van der Waals surface area (Å²) in [6.07, 6.45) is 7.19. The maximum absolute atomic E-state index is 4.70. The maximum Gasteiger partial charge on any atom is 0.159 e. The lowest BCUT2D eigenvalue weighted by atomic mass is 9.96. The van der Waals surface area contributed by atoms with E-state index in [1.54, 1.807) is 0 Å². The van der Waals surface area contributed by atoms with Crippen LogP contribution in [0.5, 0.6) is 0 Å². The van der Waals surface area contributed by atoms with Gasteiger partial charge < -0.3 is 5.32 Å². The number of hydrogen-bond donors (Lipinski definition) is 1. The maximum atomic E-state index is 4.70. The topological polar surface area (TPSA) is 54.6 Å². The number of hydrogen-bond acceptors (Lipinski definition) is 3. The summed E-state index contributed by atoms with van der Waals surface area (Å²) in [5, 5.41) is 7.69. The summed E-state index contributed by atoms with van der Waals surface area (Å²) in [6, 6.07) is 21.4. The number of aliphatic imine (C=N–C) groups is 2. The van der Waals surface area contributed by atoms with Crippen molar-refractivity contribution < 1.29 is 0 Å². The first-order valence-electron chi connectivity index (χ1n) is 11.2. The number of amidine groups is 1. The van der Waals surface area contributed by atoms with Crippen molar-refractivity contribution in [2.24, 2.45) is 9.98 Å². The molecule has 5 nitrogen and oxygen atoms in total. The summed E-state index contributed by atoms with van der Waals surface area (Å²) < 4.78 is 1.94. The molecule has 0 bridgehead atoms. The molecule has 0 aliphatic carbocycles. The molecule has 0 fully saturated rings. The molecular formula is C27H33N5. The van der Waals surface area contributed by atoms with Crippen molar-refractivity contribution in [1.29, 1.82) is 0 Å². The Morgan fingerprint density at radius 1 is 1.03 bits per heavy atom. The lowest BCUT2D eigenvalue weighted by Gasteiger charge is -2.11. The van der Waals surface area contributed by atoms with Crippen LogP contribution in [0.4, 0.5) is 5.82 Å². The predicted molar refractivity (Wildman–Crippen MR) is 137 cm³/mol. The number of anilines is 1. The van der Waals surface area contributed by atoms with Gasteiger partial charge in [0.05, 0.1) is 11.8 Å². The van der Waals surface area contributed by atoms with Crippen molar-refractivity contribution in [3.8, 4) is 0 Å². The largest absolute Gasteiger partial charge is 0.373 e. The average molecular weight is 428 g/mol. The van der Waals surface area contributed by atoms with Gasteiger partial charge in [0.1, 0.15) is 5.82 Å². The van der Waals surface area contributed by atoms with E-state index in [1.807, 2.05) is 17.9 Å². The standard InChI is InChI=1S/C27H33N5/c1-21(2)32-27(29-4)25(20-31-32)26(28-3)30-19-13-7-12-18-24(22-14-8-5-9-15-22)23-16-10-6-11-17-23/h5-6,8-11,14-18,20-21,29H,3,7,12-13,19H2,1-2,4H3. The van der Waals surface area contributed by atoms with Crippen molar-refractivity contribution >= 4 is 23.9 Å². The van der Waals surface area contributed by atoms with Crippen LogP contribution < -0.4 is 5.32 Å². The molecule has 0 spiro atoms. The smallest absolute Gasteiger partial charge is 0.159 e. The van der Waals surface area contributed by atoms with Gasteiger partial charge in [0.25, 0.3) is 0 Å². The number of aromatic nitrogens is 2. The fourth-order valence-electron chi connectivity index (χ4n) is 3.71. The molecule has 1 N–H and O–H groups in total. The molecule has 0 saturated carbocycles. The Morgan fingerprint density at radius 2 is 1.66 bits per heavy atom. The first-order chi connectivity index (χ1) is 15.7. The van der Waals surface area contributed by atoms with E-state index >= 15 is 0 Å². The normalized spacial score (nSPS) is 11.4. The lowest BCUT2D eigenvalue weighted by Crippen LogP contribution is -2.09. The molecule has 0 amide bonds. The third-order valence-electron chi connectivity index (χ3n) is 5.30. The summed E-state index contributed by atoms with van der Waals surface area (Å²) in [4.78, 5) is 8.86. The number of nitrogens with zero attached hydrogens (tertiary/aromatic N) is 4. The summed E-state index contributed by atoms with van der Waals surface area (Å²) >= 11 is 0. The predicted octanol–water partition coefficient (Wildman–Crippen LogP) is 6.26. The fourth-order valence-corrected chi connectivity index (χ4v) is 3.71. The minimum absolute atomic E-state index is 0.257. The molecule has 0 radical (unpaired) electrons. The third-order valence-corrected chi connectivity index (χ3v) is 5.30. The van der Waals surface area contributed by atoms with E-state index in [-0.39, 0.29) is 6.04 Å². The molecule has 0 atom stereocenters. The second-order valence-electron chi connectivity index (χ2n) is 7.90. The van der Waals surface area contributed by atoms with Gasteiger partial charge in [0, 0.05) is 19.6 Å². The molecule has 1 heterocycles. The summed E-state index contributed by atoms with van der Waals surface area (Å²) in [5.41, 5.74) is 4.67. The minimum Gasteiger partial charge on any atom is -0.373 e. The number of nitrogens with one attached hydrogen (secondary N) is 1. The highest BCUT2D eigenvalue weighted by molar-refractivity contribution is 6.05. The van der Waals surface area contributed by atoms with E-state index in [9.17, 15) is 0 Å². The van der Waals surface area contributed by atoms with Crippen LogP contribution in [0.2, 0.25) is 0 Å². The van der Waals surface area contributed by atoms with Gasteiger partial charge in [-0.2, -0.15) is 5.10 Å². The van der Waals surface area contributed by atoms with Crippen molar-refractivity contribution in [2.45, 2.75) is 39.2 Å². The molecule has 0 unspecified atom stereocenters. The van der Waals surface area contributed by atoms with Gasteiger partial charge >= 0.3 is 0 Å². The first kappa shape index (κ1) is 23.2. The Bertz CT molecular complexity index is 1000. The highest BCUT2D eigenvalue weighted by Crippen LogP contribution is 2.24. The highest BCUT2D eigenvalue weighted by Gasteiger charge is 2.15. The van der Waals surface area contributed by atoms with Crippen molar-refractivity contribution in [2.75, 3.05) is 18.9 Å². The molecule has 166 valence electrons. The van der Waals surface area contributed by atoms with Gasteiger partial charge in [0.15, 0.2) is 5.84 Å². The van der Waals surface area contributed by atoms with E-state index < -0.39 is 0 Å². The summed E-state index contributed by atoms with van der Waals surface area (Å²) in [5.74, 6) is 1.57. The summed E-state index contributed by atoms with van der Waals surface area (Å²) in [6.45, 7) is 8.63. The average Bonchev–Trinajstić information content (AvgIpc) is 3.26. The Hall–Kier alpha value is -3.47. The first-order valence-corrected chi connectivity index (χ1v) is 11.2. The van der Waals surface area contributed by atoms with Crippen LogP contribution in [0, 0.1) is 0 Å². The fraction of sp³-hybridized carbons (Fsp3) is 0.296. The Kier molecular flexibility index (Phi) is 8.55. The van der Waals surface area contributed by atoms with E-state index in [0.717, 1.165) is 30.6 Å². The van der Waals surface area contributed by atoms with Gasteiger partial charge in [-0.15, -0.1) is 0 Å². The number of unbranched alkanes of at least 4 members (excludes halogenated alkanes) is 2. The van der Waals surface area contributed by atoms with Crippen molar-refractivity contribution in [3.05, 3.63) is 89.6 Å². The van der Waals surface area contributed by atoms with Crippen LogP contribution in [0.25, 0.3) is 5.57 Å². The van der Waals surface area contributed by atoms with Crippen molar-refractivity contribution in [3.63, 3.8) is 0 Å². The van der Waals surface area contributed by atoms with E-state index in [1.165, 1.54) is 16.7 Å². The van der Waals surface area contributed by atoms with Crippen LogP contribution in [-0.4, -0.2) is 35.9 Å². The Labute approximate surface area is 191 Å². The Balaban J connectivity index is 1.64. The number of allylic oxidation sites excluding steroid dienone is 1. The van der Waals surface area contributed by atoms with Crippen molar-refractivity contribution in [1.82, 2.24) is 9.78 Å². The molecule has 32 heavy (non-hydrogen) atoms. The molecular weight excluding hydrogens is 394 g/mol. The van der Waals surface area contributed by atoms with Gasteiger partial charge in [-0.25, -0.2) is 9.67 Å². The van der Waals surface area contributed by atoms with E-state index in [2.05, 4.69) is 103 Å². The lowest BCUT2D eigenvalue weighted by molar-refractivity contribution is 0.539.